The van der Waals surface area contributed by atoms with Gasteiger partial charge in [0.2, 0.25) is 0 Å². The third kappa shape index (κ3) is 3.06. The van der Waals surface area contributed by atoms with Gasteiger partial charge in [-0.05, 0) is 25.0 Å². The van der Waals surface area contributed by atoms with E-state index in [4.69, 9.17) is 4.74 Å². The highest BCUT2D eigenvalue weighted by Gasteiger charge is 2.53. The van der Waals surface area contributed by atoms with Crippen LogP contribution in [0.15, 0.2) is 18.3 Å². The molecule has 1 aromatic rings. The molecule has 2 saturated heterocycles. The number of aliphatic carboxylic acids is 1. The molecular weight excluding hydrogens is 310 g/mol. The number of aromatic nitrogens is 1. The van der Waals surface area contributed by atoms with Crippen LogP contribution in [-0.2, 0) is 9.53 Å². The SMILES string of the molecule is COCCN1C[C@H]2CN(C(=O)c3ccc[nH]3)CCC[C@@]2(C(=O)O)C1. The molecule has 2 aliphatic heterocycles. The summed E-state index contributed by atoms with van der Waals surface area (Å²) in [4.78, 5) is 31.6. The lowest BCUT2D eigenvalue weighted by Crippen LogP contribution is -2.42. The Bertz CT molecular complexity index is 589. The van der Waals surface area contributed by atoms with E-state index in [-0.39, 0.29) is 11.8 Å². The number of fused-ring (bicyclic) bond motifs is 1. The van der Waals surface area contributed by atoms with Crippen LogP contribution in [0, 0.1) is 11.3 Å². The van der Waals surface area contributed by atoms with Gasteiger partial charge < -0.3 is 19.7 Å². The first-order valence-corrected chi connectivity index (χ1v) is 8.44. The van der Waals surface area contributed by atoms with E-state index >= 15 is 0 Å². The molecule has 0 spiro atoms. The fraction of sp³-hybridized carbons (Fsp3) is 0.647. The molecule has 3 heterocycles. The molecule has 0 unspecified atom stereocenters. The summed E-state index contributed by atoms with van der Waals surface area (Å²) >= 11 is 0. The molecule has 24 heavy (non-hydrogen) atoms. The van der Waals surface area contributed by atoms with Crippen LogP contribution in [-0.4, -0.2) is 78.2 Å². The minimum atomic E-state index is -0.751. The lowest BCUT2D eigenvalue weighted by Gasteiger charge is -2.29. The number of carbonyl (C=O) groups excluding carboxylic acids is 1. The first kappa shape index (κ1) is 17.0. The molecule has 0 radical (unpaired) electrons. The van der Waals surface area contributed by atoms with E-state index in [1.165, 1.54) is 0 Å². The van der Waals surface area contributed by atoms with Crippen LogP contribution in [0.5, 0.6) is 0 Å². The van der Waals surface area contributed by atoms with Gasteiger partial charge in [-0.2, -0.15) is 0 Å². The van der Waals surface area contributed by atoms with Crippen LogP contribution in [0.25, 0.3) is 0 Å². The van der Waals surface area contributed by atoms with Crippen molar-refractivity contribution >= 4 is 11.9 Å². The number of hydrogen-bond acceptors (Lipinski definition) is 4. The number of hydrogen-bond donors (Lipinski definition) is 2. The van der Waals surface area contributed by atoms with Crippen molar-refractivity contribution in [2.24, 2.45) is 11.3 Å². The van der Waals surface area contributed by atoms with Gasteiger partial charge >= 0.3 is 5.97 Å². The Balaban J connectivity index is 1.78. The molecule has 0 bridgehead atoms. The number of aromatic amines is 1. The summed E-state index contributed by atoms with van der Waals surface area (Å²) in [5, 5.41) is 9.91. The third-order valence-corrected chi connectivity index (χ3v) is 5.41. The largest absolute Gasteiger partial charge is 0.481 e. The fourth-order valence-electron chi connectivity index (χ4n) is 4.10. The number of carboxylic acids is 1. The van der Waals surface area contributed by atoms with E-state index in [1.807, 2.05) is 0 Å². The van der Waals surface area contributed by atoms with E-state index in [0.29, 0.717) is 51.3 Å². The minimum Gasteiger partial charge on any atom is -0.481 e. The van der Waals surface area contributed by atoms with Gasteiger partial charge in [0.25, 0.3) is 5.91 Å². The van der Waals surface area contributed by atoms with Gasteiger partial charge in [0, 0.05) is 51.9 Å². The average molecular weight is 335 g/mol. The van der Waals surface area contributed by atoms with Gasteiger partial charge in [0.1, 0.15) is 5.69 Å². The van der Waals surface area contributed by atoms with Crippen molar-refractivity contribution < 1.29 is 19.4 Å². The molecule has 7 nitrogen and oxygen atoms in total. The Hall–Kier alpha value is -1.86. The standard InChI is InChI=1S/C17H25N3O4/c1-24-9-8-19-10-13-11-20(15(21)14-4-2-6-18-14)7-3-5-17(13,12-19)16(22)23/h2,4,6,13,18H,3,5,7-12H2,1H3,(H,22,23)/t13-,17+/m0/s1. The van der Waals surface area contributed by atoms with Crippen LogP contribution in [0.2, 0.25) is 0 Å². The second-order valence-corrected chi connectivity index (χ2v) is 6.82. The van der Waals surface area contributed by atoms with E-state index < -0.39 is 11.4 Å². The molecule has 2 atom stereocenters. The van der Waals surface area contributed by atoms with Gasteiger partial charge in [-0.3, -0.25) is 14.5 Å². The summed E-state index contributed by atoms with van der Waals surface area (Å²) in [6.45, 7) is 3.67. The number of carbonyl (C=O) groups is 2. The average Bonchev–Trinajstić information content (AvgIpc) is 3.17. The van der Waals surface area contributed by atoms with E-state index in [0.717, 1.165) is 6.54 Å². The summed E-state index contributed by atoms with van der Waals surface area (Å²) in [6.07, 6.45) is 3.06. The Kier molecular flexibility index (Phi) is 4.91. The second kappa shape index (κ2) is 6.94. The minimum absolute atomic E-state index is 0.0449. The van der Waals surface area contributed by atoms with Crippen molar-refractivity contribution in [1.82, 2.24) is 14.8 Å². The quantitative estimate of drug-likeness (QED) is 0.835. The number of nitrogens with one attached hydrogen (secondary N) is 1. The third-order valence-electron chi connectivity index (χ3n) is 5.41. The lowest BCUT2D eigenvalue weighted by atomic mass is 9.75. The lowest BCUT2D eigenvalue weighted by molar-refractivity contribution is -0.151. The molecule has 2 fully saturated rings. The first-order valence-electron chi connectivity index (χ1n) is 8.44. The van der Waals surface area contributed by atoms with Gasteiger partial charge in [-0.25, -0.2) is 0 Å². The van der Waals surface area contributed by atoms with Gasteiger partial charge in [0.15, 0.2) is 0 Å². The Morgan fingerprint density at radius 1 is 1.46 bits per heavy atom. The van der Waals surface area contributed by atoms with E-state index in [9.17, 15) is 14.7 Å². The number of amides is 1. The fourth-order valence-corrected chi connectivity index (χ4v) is 4.10. The molecule has 1 amide bonds. The van der Waals surface area contributed by atoms with Crippen molar-refractivity contribution in [3.05, 3.63) is 24.0 Å². The van der Waals surface area contributed by atoms with E-state index in [1.54, 1.807) is 30.3 Å². The van der Waals surface area contributed by atoms with E-state index in [2.05, 4.69) is 9.88 Å². The topological polar surface area (TPSA) is 85.9 Å². The Labute approximate surface area is 141 Å². The number of H-pyrrole nitrogens is 1. The summed E-state index contributed by atoms with van der Waals surface area (Å²) in [7, 11) is 1.65. The predicted molar refractivity (Wildman–Crippen MR) is 87.8 cm³/mol. The van der Waals surface area contributed by atoms with Crippen molar-refractivity contribution in [1.29, 1.82) is 0 Å². The molecule has 1 aromatic heterocycles. The zero-order chi connectivity index (χ0) is 17.2. The summed E-state index contributed by atoms with van der Waals surface area (Å²) < 4.78 is 5.13. The maximum atomic E-state index is 12.6. The molecule has 2 N–H and O–H groups in total. The smallest absolute Gasteiger partial charge is 0.311 e. The normalized spacial score (nSPS) is 27.7. The van der Waals surface area contributed by atoms with Crippen LogP contribution in [0.3, 0.4) is 0 Å². The number of methoxy groups -OCH3 is 1. The number of likely N-dealkylation sites (tertiary alicyclic amines) is 2. The summed E-state index contributed by atoms with van der Waals surface area (Å²) in [6, 6.07) is 3.56. The van der Waals surface area contributed by atoms with Crippen LogP contribution in [0.1, 0.15) is 23.3 Å². The number of carboxylic acid groups (broad SMARTS) is 1. The zero-order valence-electron chi connectivity index (χ0n) is 14.0. The van der Waals surface area contributed by atoms with Gasteiger partial charge in [0.05, 0.1) is 12.0 Å². The van der Waals surface area contributed by atoms with Crippen molar-refractivity contribution in [2.45, 2.75) is 12.8 Å². The van der Waals surface area contributed by atoms with Crippen molar-refractivity contribution in [3.63, 3.8) is 0 Å². The highest BCUT2D eigenvalue weighted by atomic mass is 16.5. The molecule has 0 saturated carbocycles. The monoisotopic (exact) mass is 335 g/mol. The predicted octanol–water partition coefficient (Wildman–Crippen LogP) is 0.900. The molecule has 3 rings (SSSR count). The molecule has 2 aliphatic rings. The highest BCUT2D eigenvalue weighted by molar-refractivity contribution is 5.92. The molecular formula is C17H25N3O4. The first-order chi connectivity index (χ1) is 11.6. The van der Waals surface area contributed by atoms with Crippen LogP contribution >= 0.6 is 0 Å². The summed E-state index contributed by atoms with van der Waals surface area (Å²) in [5.74, 6) is -0.827. The summed E-state index contributed by atoms with van der Waals surface area (Å²) in [5.41, 5.74) is -0.189. The zero-order valence-corrected chi connectivity index (χ0v) is 14.0. The highest BCUT2D eigenvalue weighted by Crippen LogP contribution is 2.43. The second-order valence-electron chi connectivity index (χ2n) is 6.82. The number of nitrogens with zero attached hydrogens (tertiary/aromatic N) is 2. The Morgan fingerprint density at radius 2 is 2.29 bits per heavy atom. The maximum absolute atomic E-state index is 12.6. The maximum Gasteiger partial charge on any atom is 0.311 e. The Morgan fingerprint density at radius 3 is 2.96 bits per heavy atom. The van der Waals surface area contributed by atoms with Crippen molar-refractivity contribution in [2.75, 3.05) is 46.4 Å². The molecule has 0 aliphatic carbocycles. The molecule has 7 heteroatoms. The van der Waals surface area contributed by atoms with Gasteiger partial charge in [-0.15, -0.1) is 0 Å². The number of rotatable bonds is 5. The van der Waals surface area contributed by atoms with Crippen LogP contribution < -0.4 is 0 Å². The van der Waals surface area contributed by atoms with Crippen LogP contribution in [0.4, 0.5) is 0 Å². The molecule has 132 valence electrons. The molecule has 0 aromatic carbocycles. The van der Waals surface area contributed by atoms with Crippen molar-refractivity contribution in [3.8, 4) is 0 Å². The number of ether oxygens (including phenoxy) is 1. The van der Waals surface area contributed by atoms with Gasteiger partial charge in [-0.1, -0.05) is 0 Å².